The summed E-state index contributed by atoms with van der Waals surface area (Å²) in [7, 11) is 0. The predicted octanol–water partition coefficient (Wildman–Crippen LogP) is 1.23. The van der Waals surface area contributed by atoms with E-state index in [0.717, 1.165) is 28.3 Å². The number of hydrogen-bond donors (Lipinski definition) is 3. The SMILES string of the molecule is CCSC1(SCC)[NH+]=C(N)[C@@]2(C#N)[C@@H](c3ccccc3)[NH2+]C(C)=C(C)[C@]12C#N. The summed E-state index contributed by atoms with van der Waals surface area (Å²) in [5.74, 6) is 2.02. The van der Waals surface area contributed by atoms with Crippen LogP contribution in [0.4, 0.5) is 0 Å². The molecule has 0 amide bonds. The number of quaternary nitrogens is 1. The van der Waals surface area contributed by atoms with Crippen molar-refractivity contribution in [2.75, 3.05) is 11.5 Å². The number of nitriles is 2. The molecule has 0 aliphatic carbocycles. The van der Waals surface area contributed by atoms with E-state index in [9.17, 15) is 10.5 Å². The summed E-state index contributed by atoms with van der Waals surface area (Å²) in [6, 6.07) is 14.8. The van der Waals surface area contributed by atoms with Gasteiger partial charge in [0, 0.05) is 18.1 Å². The highest BCUT2D eigenvalue weighted by atomic mass is 32.2. The molecule has 2 aliphatic rings. The molecule has 3 rings (SSSR count). The topological polar surface area (TPSA) is 104 Å². The highest BCUT2D eigenvalue weighted by Gasteiger charge is 2.81. The lowest BCUT2D eigenvalue weighted by Crippen LogP contribution is -2.90. The zero-order chi connectivity index (χ0) is 20.6. The first-order valence-corrected chi connectivity index (χ1v) is 11.5. The molecule has 1 aromatic rings. The number of fused-ring (bicyclic) bond motifs is 1. The molecule has 0 radical (unpaired) electrons. The molecule has 7 heteroatoms. The molecule has 0 spiro atoms. The Morgan fingerprint density at radius 1 is 1.11 bits per heavy atom. The lowest BCUT2D eigenvalue weighted by Gasteiger charge is -2.47. The van der Waals surface area contributed by atoms with E-state index in [-0.39, 0.29) is 6.04 Å². The molecule has 3 atom stereocenters. The van der Waals surface area contributed by atoms with Gasteiger partial charge in [-0.05, 0) is 18.4 Å². The van der Waals surface area contributed by atoms with Gasteiger partial charge in [-0.3, -0.25) is 10.7 Å². The second-order valence-corrected chi connectivity index (χ2v) is 10.4. The molecule has 5 N–H and O–H groups in total. The minimum absolute atomic E-state index is 0.300. The van der Waals surface area contributed by atoms with Crippen LogP contribution >= 0.6 is 23.5 Å². The summed E-state index contributed by atoms with van der Waals surface area (Å²) in [6.45, 7) is 8.18. The van der Waals surface area contributed by atoms with Crippen LogP contribution in [0.5, 0.6) is 0 Å². The van der Waals surface area contributed by atoms with Crippen LogP contribution in [0.3, 0.4) is 0 Å². The standard InChI is InChI=1S/C21H25N5S2/c1-5-27-21(28-6-2)20(13-23)14(3)15(4)25-17(16-10-8-7-9-11-16)19(20,12-22)18(24)26-21/h7-11,17,25H,5-6H2,1-4H3,(H2,24,26)/p+2/t17-,19-,20+/m1/s1. The smallest absolute Gasteiger partial charge is 0.272 e. The normalized spacial score (nSPS) is 30.9. The zero-order valence-corrected chi connectivity index (χ0v) is 18.4. The maximum absolute atomic E-state index is 10.7. The van der Waals surface area contributed by atoms with Crippen LogP contribution in [-0.2, 0) is 0 Å². The summed E-state index contributed by atoms with van der Waals surface area (Å²) in [5.41, 5.74) is 7.34. The van der Waals surface area contributed by atoms with Crippen molar-refractivity contribution in [3.8, 4) is 12.1 Å². The van der Waals surface area contributed by atoms with Gasteiger partial charge in [0.1, 0.15) is 11.7 Å². The van der Waals surface area contributed by atoms with Crippen LogP contribution < -0.4 is 16.0 Å². The van der Waals surface area contributed by atoms with E-state index >= 15 is 0 Å². The minimum atomic E-state index is -1.18. The van der Waals surface area contributed by atoms with Gasteiger partial charge in [-0.15, -0.1) is 0 Å². The largest absolute Gasteiger partial charge is 0.310 e. The third-order valence-corrected chi connectivity index (χ3v) is 8.96. The third kappa shape index (κ3) is 2.40. The van der Waals surface area contributed by atoms with Crippen molar-refractivity contribution in [2.45, 2.75) is 37.9 Å². The Hall–Kier alpha value is -1.93. The molecule has 2 aliphatic heterocycles. The van der Waals surface area contributed by atoms with E-state index in [2.05, 4.69) is 36.3 Å². The number of nitrogens with zero attached hydrogens (tertiary/aromatic N) is 2. The minimum Gasteiger partial charge on any atom is -0.310 e. The molecule has 1 aromatic carbocycles. The Balaban J connectivity index is 2.42. The Morgan fingerprint density at radius 3 is 2.21 bits per heavy atom. The van der Waals surface area contributed by atoms with Gasteiger partial charge >= 0.3 is 0 Å². The van der Waals surface area contributed by atoms with E-state index < -0.39 is 15.0 Å². The lowest BCUT2D eigenvalue weighted by atomic mass is 9.55. The van der Waals surface area contributed by atoms with Gasteiger partial charge in [0.2, 0.25) is 9.62 Å². The second kappa shape index (κ2) is 7.48. The second-order valence-electron chi connectivity index (χ2n) is 7.17. The first-order chi connectivity index (χ1) is 13.4. The molecule has 28 heavy (non-hydrogen) atoms. The fourth-order valence-electron chi connectivity index (χ4n) is 4.77. The monoisotopic (exact) mass is 413 g/mol. The average molecular weight is 414 g/mol. The van der Waals surface area contributed by atoms with Crippen molar-refractivity contribution in [3.63, 3.8) is 0 Å². The van der Waals surface area contributed by atoms with Crippen LogP contribution in [0.1, 0.15) is 39.3 Å². The number of benzene rings is 1. The van der Waals surface area contributed by atoms with E-state index in [0.29, 0.717) is 5.84 Å². The number of rotatable bonds is 5. The van der Waals surface area contributed by atoms with Crippen molar-refractivity contribution < 1.29 is 10.3 Å². The van der Waals surface area contributed by atoms with Gasteiger partial charge in [0.05, 0.1) is 12.1 Å². The molecule has 0 saturated carbocycles. The van der Waals surface area contributed by atoms with Crippen molar-refractivity contribution in [1.82, 2.24) is 0 Å². The summed E-state index contributed by atoms with van der Waals surface area (Å²) in [4.78, 5) is 3.47. The molecule has 2 heterocycles. The quantitative estimate of drug-likeness (QED) is 0.630. The van der Waals surface area contributed by atoms with Gasteiger partial charge in [-0.25, -0.2) is 0 Å². The zero-order valence-electron chi connectivity index (χ0n) is 16.7. The highest BCUT2D eigenvalue weighted by Crippen LogP contribution is 2.64. The molecule has 0 bridgehead atoms. The molecular formula is C21H27N5S2+2. The van der Waals surface area contributed by atoms with Crippen LogP contribution in [0, 0.1) is 33.5 Å². The Labute approximate surface area is 175 Å². The predicted molar refractivity (Wildman–Crippen MR) is 115 cm³/mol. The van der Waals surface area contributed by atoms with E-state index in [1.54, 1.807) is 23.5 Å². The number of amidine groups is 1. The molecule has 0 aromatic heterocycles. The molecule has 5 nitrogen and oxygen atoms in total. The van der Waals surface area contributed by atoms with Gasteiger partial charge in [0.15, 0.2) is 5.41 Å². The Morgan fingerprint density at radius 2 is 1.71 bits per heavy atom. The van der Waals surface area contributed by atoms with Crippen LogP contribution in [0.15, 0.2) is 41.6 Å². The summed E-state index contributed by atoms with van der Waals surface area (Å²) < 4.78 is -0.711. The van der Waals surface area contributed by atoms with Crippen LogP contribution in [-0.4, -0.2) is 21.5 Å². The Kier molecular flexibility index (Phi) is 5.55. The van der Waals surface area contributed by atoms with Crippen LogP contribution in [0.2, 0.25) is 0 Å². The summed E-state index contributed by atoms with van der Waals surface area (Å²) in [5, 5.41) is 23.5. The fraction of sp³-hybridized carbons (Fsp3) is 0.476. The van der Waals surface area contributed by atoms with Crippen LogP contribution in [0.25, 0.3) is 0 Å². The number of thioether (sulfide) groups is 2. The summed E-state index contributed by atoms with van der Waals surface area (Å²) >= 11 is 3.34. The number of nitrogens with two attached hydrogens (primary N) is 2. The van der Waals surface area contributed by atoms with Gasteiger partial charge in [0.25, 0.3) is 5.84 Å². The summed E-state index contributed by atoms with van der Waals surface area (Å²) in [6.07, 6.45) is 0. The van der Waals surface area contributed by atoms with Gasteiger partial charge < -0.3 is 5.32 Å². The maximum atomic E-state index is 10.7. The first-order valence-electron chi connectivity index (χ1n) is 9.50. The maximum Gasteiger partial charge on any atom is 0.272 e. The molecule has 0 fully saturated rings. The lowest BCUT2D eigenvalue weighted by molar-refractivity contribution is -0.669. The van der Waals surface area contributed by atoms with E-state index in [1.165, 1.54) is 0 Å². The Bertz CT molecular complexity index is 905. The molecular weight excluding hydrogens is 386 g/mol. The molecule has 0 saturated heterocycles. The van der Waals surface area contributed by atoms with E-state index in [4.69, 9.17) is 5.73 Å². The first kappa shape index (κ1) is 20.8. The third-order valence-electron chi connectivity index (χ3n) is 6.04. The average Bonchev–Trinajstić information content (AvgIpc) is 2.91. The van der Waals surface area contributed by atoms with Crippen molar-refractivity contribution in [2.24, 2.45) is 16.6 Å². The van der Waals surface area contributed by atoms with Gasteiger partial charge in [-0.1, -0.05) is 67.7 Å². The fourth-order valence-corrected chi connectivity index (χ4v) is 8.14. The van der Waals surface area contributed by atoms with Crippen molar-refractivity contribution >= 4 is 29.4 Å². The highest BCUT2D eigenvalue weighted by molar-refractivity contribution is 8.17. The number of nitrogens with one attached hydrogen (secondary N) is 1. The van der Waals surface area contributed by atoms with Gasteiger partial charge in [-0.2, -0.15) is 10.5 Å². The van der Waals surface area contributed by atoms with Crippen molar-refractivity contribution in [3.05, 3.63) is 47.2 Å². The number of allylic oxidation sites excluding steroid dienone is 1. The van der Waals surface area contributed by atoms with E-state index in [1.807, 2.05) is 44.2 Å². The van der Waals surface area contributed by atoms with Crippen molar-refractivity contribution in [1.29, 1.82) is 10.5 Å². The molecule has 146 valence electrons. The molecule has 0 unspecified atom stereocenters. The number of hydrogen-bond acceptors (Lipinski definition) is 5.